The second-order valence-electron chi connectivity index (χ2n) is 5.49. The minimum atomic E-state index is -0.826. The van der Waals surface area contributed by atoms with E-state index in [1.54, 1.807) is 0 Å². The van der Waals surface area contributed by atoms with Crippen LogP contribution >= 0.6 is 17.0 Å². The molecule has 0 aliphatic carbocycles. The summed E-state index contributed by atoms with van der Waals surface area (Å²) in [6.07, 6.45) is 1.91. The van der Waals surface area contributed by atoms with Crippen molar-refractivity contribution in [3.05, 3.63) is 97.2 Å². The van der Waals surface area contributed by atoms with Crippen molar-refractivity contribution in [1.82, 2.24) is 9.78 Å². The molecule has 0 atom stereocenters. The minimum absolute atomic E-state index is 0.826. The molecule has 4 aromatic carbocycles. The maximum atomic E-state index is 4.93. The smallest absolute Gasteiger partial charge is 0.0721 e. The molecule has 128 valence electrons. The average molecular weight is 459 g/mol. The SMILES string of the molecule is [Cl][Zr+2][Cl].c1cc[cH-]c1.c1ccc2[cH-]c(-n3ncc4ccccc43)cc2c1. The number of hydrogen-bond donors (Lipinski definition) is 0. The Labute approximate surface area is 171 Å². The standard InChI is InChI=1S/C16H11N2.C5H5.2ClH.Zr/c1-2-6-13-10-15(9-12(13)5-1)18-16-8-4-3-7-14(16)11-17-18;1-2-4-5-3-1;;;/h1-11H;1-5H;2*1H;/q2*-1;;;+4/p-2. The number of fused-ring (bicyclic) bond motifs is 2. The first-order valence-corrected chi connectivity index (χ1v) is 14.4. The third kappa shape index (κ3) is 4.73. The van der Waals surface area contributed by atoms with Gasteiger partial charge in [-0.15, -0.1) is 41.1 Å². The van der Waals surface area contributed by atoms with E-state index in [1.807, 2.05) is 53.3 Å². The molecule has 0 bridgehead atoms. The van der Waals surface area contributed by atoms with E-state index in [2.05, 4.69) is 53.6 Å². The van der Waals surface area contributed by atoms with Crippen LogP contribution in [0.3, 0.4) is 0 Å². The fourth-order valence-electron chi connectivity index (χ4n) is 2.75. The molecule has 2 nitrogen and oxygen atoms in total. The molecule has 0 aliphatic heterocycles. The minimum Gasteiger partial charge on any atom is -0.252 e. The van der Waals surface area contributed by atoms with E-state index >= 15 is 0 Å². The van der Waals surface area contributed by atoms with Crippen molar-refractivity contribution in [3.63, 3.8) is 0 Å². The Hall–Kier alpha value is -1.67. The van der Waals surface area contributed by atoms with E-state index in [1.165, 1.54) is 16.2 Å². The molecule has 1 heterocycles. The van der Waals surface area contributed by atoms with E-state index in [4.69, 9.17) is 17.0 Å². The van der Waals surface area contributed by atoms with Crippen LogP contribution in [0, 0.1) is 0 Å². The molecule has 0 unspecified atom stereocenters. The van der Waals surface area contributed by atoms with Gasteiger partial charge in [-0.05, 0) is 11.8 Å². The van der Waals surface area contributed by atoms with Gasteiger partial charge < -0.3 is 0 Å². The van der Waals surface area contributed by atoms with Gasteiger partial charge in [-0.3, -0.25) is 4.68 Å². The number of nitrogens with zero attached hydrogens (tertiary/aromatic N) is 2. The quantitative estimate of drug-likeness (QED) is 0.256. The van der Waals surface area contributed by atoms with Gasteiger partial charge in [-0.25, -0.2) is 12.1 Å². The fraction of sp³-hybridized carbons (Fsp3) is 0. The number of halogens is 2. The number of para-hydroxylation sites is 1. The molecule has 0 fully saturated rings. The van der Waals surface area contributed by atoms with E-state index in [-0.39, 0.29) is 0 Å². The van der Waals surface area contributed by atoms with Crippen LogP contribution in [-0.4, -0.2) is 9.78 Å². The summed E-state index contributed by atoms with van der Waals surface area (Å²) in [6.45, 7) is 0. The van der Waals surface area contributed by atoms with E-state index in [9.17, 15) is 0 Å². The molecule has 5 heteroatoms. The van der Waals surface area contributed by atoms with Gasteiger partial charge in [0.1, 0.15) is 0 Å². The van der Waals surface area contributed by atoms with Crippen LogP contribution in [0.25, 0.3) is 27.4 Å². The van der Waals surface area contributed by atoms with Crippen molar-refractivity contribution in [1.29, 1.82) is 0 Å². The molecule has 1 aromatic heterocycles. The molecule has 26 heavy (non-hydrogen) atoms. The summed E-state index contributed by atoms with van der Waals surface area (Å²) < 4.78 is 2.00. The summed E-state index contributed by atoms with van der Waals surface area (Å²) in [5, 5.41) is 8.16. The summed E-state index contributed by atoms with van der Waals surface area (Å²) in [6, 6.07) is 31.0. The van der Waals surface area contributed by atoms with Gasteiger partial charge >= 0.3 is 37.9 Å². The summed E-state index contributed by atoms with van der Waals surface area (Å²) in [5.41, 5.74) is 2.27. The van der Waals surface area contributed by atoms with Crippen molar-refractivity contribution in [2.45, 2.75) is 0 Å². The number of aromatic nitrogens is 2. The van der Waals surface area contributed by atoms with Gasteiger partial charge in [0.25, 0.3) is 0 Å². The van der Waals surface area contributed by atoms with Crippen LogP contribution < -0.4 is 0 Å². The zero-order valence-corrected chi connectivity index (χ0v) is 17.9. The van der Waals surface area contributed by atoms with Gasteiger partial charge in [-0.1, -0.05) is 24.3 Å². The Morgan fingerprint density at radius 2 is 1.50 bits per heavy atom. The van der Waals surface area contributed by atoms with Crippen LogP contribution in [0.1, 0.15) is 0 Å². The van der Waals surface area contributed by atoms with Crippen molar-refractivity contribution in [2.24, 2.45) is 0 Å². The first kappa shape index (κ1) is 19.1. The molecular weight excluding hydrogens is 442 g/mol. The maximum absolute atomic E-state index is 4.93. The zero-order chi connectivity index (χ0) is 18.2. The molecule has 0 saturated heterocycles. The maximum Gasteiger partial charge on any atom is 0.0721 e. The van der Waals surface area contributed by atoms with Gasteiger partial charge in [0, 0.05) is 5.39 Å². The largest absolute Gasteiger partial charge is 0.252 e. The summed E-state index contributed by atoms with van der Waals surface area (Å²) in [7, 11) is 9.87. The molecule has 0 saturated carbocycles. The predicted molar refractivity (Wildman–Crippen MR) is 108 cm³/mol. The van der Waals surface area contributed by atoms with Gasteiger partial charge in [0.2, 0.25) is 0 Å². The third-order valence-corrected chi connectivity index (χ3v) is 3.88. The first-order chi connectivity index (χ1) is 12.8. The fourth-order valence-corrected chi connectivity index (χ4v) is 2.75. The van der Waals surface area contributed by atoms with Crippen molar-refractivity contribution in [3.8, 4) is 5.69 Å². The summed E-state index contributed by atoms with van der Waals surface area (Å²) in [5.74, 6) is 0. The van der Waals surface area contributed by atoms with Crippen LogP contribution in [0.4, 0.5) is 0 Å². The third-order valence-electron chi connectivity index (χ3n) is 3.88. The summed E-state index contributed by atoms with van der Waals surface area (Å²) in [4.78, 5) is 0. The van der Waals surface area contributed by atoms with Gasteiger partial charge in [-0.2, -0.15) is 23.3 Å². The Kier molecular flexibility index (Phi) is 7.25. The average Bonchev–Trinajstić information content (AvgIpc) is 3.42. The molecule has 0 radical (unpaired) electrons. The van der Waals surface area contributed by atoms with Gasteiger partial charge in [0.15, 0.2) is 0 Å². The molecule has 0 aliphatic rings. The van der Waals surface area contributed by atoms with E-state index < -0.39 is 20.8 Å². The Morgan fingerprint density at radius 3 is 2.15 bits per heavy atom. The van der Waals surface area contributed by atoms with Crippen molar-refractivity contribution < 1.29 is 20.8 Å². The monoisotopic (exact) mass is 456 g/mol. The molecule has 0 spiro atoms. The van der Waals surface area contributed by atoms with Gasteiger partial charge in [0.05, 0.1) is 11.7 Å². The van der Waals surface area contributed by atoms with Crippen LogP contribution in [-0.2, 0) is 20.8 Å². The molecule has 0 N–H and O–H groups in total. The number of hydrogen-bond acceptors (Lipinski definition) is 1. The first-order valence-electron chi connectivity index (χ1n) is 8.05. The molecule has 5 rings (SSSR count). The Morgan fingerprint density at radius 1 is 0.846 bits per heavy atom. The normalized spacial score (nSPS) is 9.77. The molecule has 5 aromatic rings. The van der Waals surface area contributed by atoms with Crippen molar-refractivity contribution >= 4 is 38.7 Å². The second kappa shape index (κ2) is 9.87. The molecule has 0 amide bonds. The Bertz CT molecular complexity index is 998. The second-order valence-corrected chi connectivity index (χ2v) is 9.22. The topological polar surface area (TPSA) is 17.8 Å². The van der Waals surface area contributed by atoms with E-state index in [0.717, 1.165) is 11.2 Å². The zero-order valence-electron chi connectivity index (χ0n) is 13.9. The van der Waals surface area contributed by atoms with E-state index in [0.29, 0.717) is 0 Å². The van der Waals surface area contributed by atoms with Crippen LogP contribution in [0.5, 0.6) is 0 Å². The van der Waals surface area contributed by atoms with Crippen molar-refractivity contribution in [2.75, 3.05) is 0 Å². The molecular formula is C21H16Cl2N2Zr. The van der Waals surface area contributed by atoms with Crippen LogP contribution in [0.2, 0.25) is 0 Å². The van der Waals surface area contributed by atoms with Crippen LogP contribution in [0.15, 0.2) is 97.2 Å². The Balaban J connectivity index is 0.000000207. The summed E-state index contributed by atoms with van der Waals surface area (Å²) >= 11 is -0.826. The number of rotatable bonds is 1. The predicted octanol–water partition coefficient (Wildman–Crippen LogP) is 6.68. The number of benzene rings is 2.